The summed E-state index contributed by atoms with van der Waals surface area (Å²) in [6.45, 7) is 6.19. The molecule has 3 heteroatoms. The van der Waals surface area contributed by atoms with Crippen LogP contribution in [0.15, 0.2) is 42.5 Å². The number of anilines is 2. The van der Waals surface area contributed by atoms with Gasteiger partial charge in [0.2, 0.25) is 0 Å². The molecule has 0 saturated carbocycles. The van der Waals surface area contributed by atoms with E-state index in [-0.39, 0.29) is 5.91 Å². The second-order valence-corrected chi connectivity index (χ2v) is 5.32. The summed E-state index contributed by atoms with van der Waals surface area (Å²) in [5.74, 6) is 0.253. The predicted molar refractivity (Wildman–Crippen MR) is 84.1 cm³/mol. The normalized spacial score (nSPS) is 10.6. The van der Waals surface area contributed by atoms with Gasteiger partial charge in [-0.25, -0.2) is 0 Å². The summed E-state index contributed by atoms with van der Waals surface area (Å²) in [5, 5.41) is 2.90. The predicted octanol–water partition coefficient (Wildman–Crippen LogP) is 3.95. The van der Waals surface area contributed by atoms with Crippen LogP contribution in [0, 0.1) is 6.92 Å². The molecule has 2 aromatic carbocycles. The maximum atomic E-state index is 12.3. The largest absolute Gasteiger partial charge is 0.398 e. The number of nitrogens with two attached hydrogens (primary N) is 1. The monoisotopic (exact) mass is 268 g/mol. The Labute approximate surface area is 119 Å². The van der Waals surface area contributed by atoms with Gasteiger partial charge in [-0.1, -0.05) is 37.6 Å². The quantitative estimate of drug-likeness (QED) is 0.828. The van der Waals surface area contributed by atoms with Gasteiger partial charge in [-0.3, -0.25) is 4.79 Å². The Morgan fingerprint density at radius 1 is 1.15 bits per heavy atom. The molecule has 0 unspecified atom stereocenters. The average Bonchev–Trinajstić information content (AvgIpc) is 2.41. The number of benzene rings is 2. The van der Waals surface area contributed by atoms with E-state index in [2.05, 4.69) is 25.2 Å². The average molecular weight is 268 g/mol. The molecule has 0 aliphatic heterocycles. The third kappa shape index (κ3) is 3.18. The van der Waals surface area contributed by atoms with Crippen LogP contribution in [-0.2, 0) is 0 Å². The second-order valence-electron chi connectivity index (χ2n) is 5.32. The van der Waals surface area contributed by atoms with Gasteiger partial charge in [0.1, 0.15) is 0 Å². The van der Waals surface area contributed by atoms with Crippen molar-refractivity contribution in [3.8, 4) is 0 Å². The first-order valence-electron chi connectivity index (χ1n) is 6.75. The van der Waals surface area contributed by atoms with Crippen LogP contribution in [0.25, 0.3) is 0 Å². The molecule has 3 N–H and O–H groups in total. The number of carbonyl (C=O) groups is 1. The summed E-state index contributed by atoms with van der Waals surface area (Å²) in [6, 6.07) is 13.3. The van der Waals surface area contributed by atoms with Gasteiger partial charge in [0, 0.05) is 11.4 Å². The van der Waals surface area contributed by atoms with E-state index in [9.17, 15) is 4.79 Å². The van der Waals surface area contributed by atoms with Crippen molar-refractivity contribution < 1.29 is 4.79 Å². The van der Waals surface area contributed by atoms with Crippen LogP contribution in [0.2, 0.25) is 0 Å². The van der Waals surface area contributed by atoms with Gasteiger partial charge in [0.05, 0.1) is 5.56 Å². The number of hydrogen-bond acceptors (Lipinski definition) is 2. The Morgan fingerprint density at radius 3 is 2.60 bits per heavy atom. The van der Waals surface area contributed by atoms with Crippen molar-refractivity contribution in [3.05, 3.63) is 59.2 Å². The zero-order chi connectivity index (χ0) is 14.7. The van der Waals surface area contributed by atoms with Crippen molar-refractivity contribution in [1.82, 2.24) is 0 Å². The van der Waals surface area contributed by atoms with Gasteiger partial charge in [0.15, 0.2) is 0 Å². The number of rotatable bonds is 3. The number of hydrogen-bond donors (Lipinski definition) is 2. The molecular formula is C17H20N2O. The van der Waals surface area contributed by atoms with E-state index < -0.39 is 0 Å². The van der Waals surface area contributed by atoms with Crippen molar-refractivity contribution in [2.75, 3.05) is 11.1 Å². The Morgan fingerprint density at radius 2 is 1.90 bits per heavy atom. The SMILES string of the molecule is Cc1ccc(N)c(C(=O)Nc2cccc(C(C)C)c2)c1. The zero-order valence-electron chi connectivity index (χ0n) is 12.1. The summed E-state index contributed by atoms with van der Waals surface area (Å²) in [5.41, 5.74) is 9.87. The Kier molecular flexibility index (Phi) is 4.08. The van der Waals surface area contributed by atoms with Crippen LogP contribution in [0.1, 0.15) is 41.3 Å². The lowest BCUT2D eigenvalue weighted by Crippen LogP contribution is -2.14. The molecule has 0 heterocycles. The summed E-state index contributed by atoms with van der Waals surface area (Å²) in [4.78, 5) is 12.3. The van der Waals surface area contributed by atoms with Crippen molar-refractivity contribution in [2.45, 2.75) is 26.7 Å². The Bertz CT molecular complexity index is 633. The first-order valence-corrected chi connectivity index (χ1v) is 6.75. The minimum atomic E-state index is -0.174. The van der Waals surface area contributed by atoms with Crippen LogP contribution in [0.3, 0.4) is 0 Å². The lowest BCUT2D eigenvalue weighted by molar-refractivity contribution is 0.102. The highest BCUT2D eigenvalue weighted by Crippen LogP contribution is 2.20. The minimum absolute atomic E-state index is 0.174. The van der Waals surface area contributed by atoms with E-state index in [0.29, 0.717) is 17.2 Å². The molecule has 0 spiro atoms. The van der Waals surface area contributed by atoms with E-state index in [4.69, 9.17) is 5.73 Å². The standard InChI is InChI=1S/C17H20N2O/c1-11(2)13-5-4-6-14(10-13)19-17(20)15-9-12(3)7-8-16(15)18/h4-11H,18H2,1-3H3,(H,19,20). The molecule has 2 aromatic rings. The molecule has 0 aliphatic rings. The van der Waals surface area contributed by atoms with E-state index in [0.717, 1.165) is 11.3 Å². The smallest absolute Gasteiger partial charge is 0.257 e. The maximum absolute atomic E-state index is 12.3. The van der Waals surface area contributed by atoms with Crippen LogP contribution in [-0.4, -0.2) is 5.91 Å². The lowest BCUT2D eigenvalue weighted by atomic mass is 10.0. The molecule has 0 bridgehead atoms. The fourth-order valence-electron chi connectivity index (χ4n) is 2.04. The third-order valence-electron chi connectivity index (χ3n) is 3.26. The summed E-state index contributed by atoms with van der Waals surface area (Å²) in [7, 11) is 0. The molecule has 0 saturated heterocycles. The van der Waals surface area contributed by atoms with E-state index >= 15 is 0 Å². The molecule has 20 heavy (non-hydrogen) atoms. The van der Waals surface area contributed by atoms with Crippen LogP contribution in [0.4, 0.5) is 11.4 Å². The number of amides is 1. The number of nitrogens with one attached hydrogen (secondary N) is 1. The van der Waals surface area contributed by atoms with Crippen molar-refractivity contribution in [3.63, 3.8) is 0 Å². The molecule has 0 fully saturated rings. The lowest BCUT2D eigenvalue weighted by Gasteiger charge is -2.11. The van der Waals surface area contributed by atoms with Gasteiger partial charge in [-0.2, -0.15) is 0 Å². The topological polar surface area (TPSA) is 55.1 Å². The molecule has 0 atom stereocenters. The first-order chi connectivity index (χ1) is 9.47. The molecule has 0 aliphatic carbocycles. The Hall–Kier alpha value is -2.29. The van der Waals surface area contributed by atoms with Crippen molar-refractivity contribution >= 4 is 17.3 Å². The highest BCUT2D eigenvalue weighted by atomic mass is 16.1. The van der Waals surface area contributed by atoms with E-state index in [1.54, 1.807) is 12.1 Å². The van der Waals surface area contributed by atoms with Crippen LogP contribution < -0.4 is 11.1 Å². The van der Waals surface area contributed by atoms with Gasteiger partial charge >= 0.3 is 0 Å². The number of carbonyl (C=O) groups excluding carboxylic acids is 1. The fraction of sp³-hybridized carbons (Fsp3) is 0.235. The summed E-state index contributed by atoms with van der Waals surface area (Å²) in [6.07, 6.45) is 0. The second kappa shape index (κ2) is 5.78. The van der Waals surface area contributed by atoms with Gasteiger partial charge in [0.25, 0.3) is 5.91 Å². The summed E-state index contributed by atoms with van der Waals surface area (Å²) >= 11 is 0. The number of nitrogen functional groups attached to an aromatic ring is 1. The molecular weight excluding hydrogens is 248 g/mol. The molecule has 2 rings (SSSR count). The van der Waals surface area contributed by atoms with Gasteiger partial charge < -0.3 is 11.1 Å². The molecule has 104 valence electrons. The van der Waals surface area contributed by atoms with Crippen LogP contribution in [0.5, 0.6) is 0 Å². The van der Waals surface area contributed by atoms with Crippen molar-refractivity contribution in [1.29, 1.82) is 0 Å². The van der Waals surface area contributed by atoms with E-state index in [1.807, 2.05) is 31.2 Å². The number of aryl methyl sites for hydroxylation is 1. The zero-order valence-corrected chi connectivity index (χ0v) is 12.1. The minimum Gasteiger partial charge on any atom is -0.398 e. The Balaban J connectivity index is 2.23. The molecule has 3 nitrogen and oxygen atoms in total. The molecule has 1 amide bonds. The van der Waals surface area contributed by atoms with Crippen molar-refractivity contribution in [2.24, 2.45) is 0 Å². The first kappa shape index (κ1) is 14.1. The maximum Gasteiger partial charge on any atom is 0.257 e. The fourth-order valence-corrected chi connectivity index (χ4v) is 2.04. The highest BCUT2D eigenvalue weighted by Gasteiger charge is 2.10. The highest BCUT2D eigenvalue weighted by molar-refractivity contribution is 6.07. The van der Waals surface area contributed by atoms with Gasteiger partial charge in [-0.15, -0.1) is 0 Å². The van der Waals surface area contributed by atoms with Crippen LogP contribution >= 0.6 is 0 Å². The molecule has 0 radical (unpaired) electrons. The van der Waals surface area contributed by atoms with E-state index in [1.165, 1.54) is 5.56 Å². The van der Waals surface area contributed by atoms with Gasteiger partial charge in [-0.05, 0) is 42.7 Å². The third-order valence-corrected chi connectivity index (χ3v) is 3.26. The molecule has 0 aromatic heterocycles. The summed E-state index contributed by atoms with van der Waals surface area (Å²) < 4.78 is 0.